The Kier molecular flexibility index (Phi) is 3.31. The van der Waals surface area contributed by atoms with E-state index in [1.807, 2.05) is 30.6 Å². The molecule has 0 saturated heterocycles. The summed E-state index contributed by atoms with van der Waals surface area (Å²) in [6.07, 6.45) is 7.21. The minimum Gasteiger partial charge on any atom is -0.454 e. The third-order valence-corrected chi connectivity index (χ3v) is 3.16. The molecule has 0 spiro atoms. The maximum absolute atomic E-state index is 5.36. The molecule has 0 amide bonds. The van der Waals surface area contributed by atoms with E-state index >= 15 is 0 Å². The van der Waals surface area contributed by atoms with Crippen LogP contribution in [0.15, 0.2) is 30.6 Å². The summed E-state index contributed by atoms with van der Waals surface area (Å²) < 4.78 is 10.6. The van der Waals surface area contributed by atoms with Crippen LogP contribution in [-0.2, 0) is 6.42 Å². The standard InChI is InChI=1S/C15H16N2O2/c1-2-3-4-11-8-16-15(17-9-11)12-5-6-13-14(7-12)19-10-18-13/h5-9H,2-4,10H2,1H3. The van der Waals surface area contributed by atoms with Gasteiger partial charge in [-0.1, -0.05) is 13.3 Å². The van der Waals surface area contributed by atoms with Crippen molar-refractivity contribution in [2.75, 3.05) is 6.79 Å². The summed E-state index contributed by atoms with van der Waals surface area (Å²) in [4.78, 5) is 8.84. The second-order valence-electron chi connectivity index (χ2n) is 4.59. The third-order valence-electron chi connectivity index (χ3n) is 3.16. The third kappa shape index (κ3) is 2.52. The van der Waals surface area contributed by atoms with Gasteiger partial charge in [0.2, 0.25) is 6.79 Å². The molecule has 0 bridgehead atoms. The number of nitrogens with zero attached hydrogens (tertiary/aromatic N) is 2. The number of benzene rings is 1. The fraction of sp³-hybridized carbons (Fsp3) is 0.333. The van der Waals surface area contributed by atoms with Gasteiger partial charge in [-0.25, -0.2) is 9.97 Å². The summed E-state index contributed by atoms with van der Waals surface area (Å²) in [6, 6.07) is 5.77. The van der Waals surface area contributed by atoms with E-state index in [0.29, 0.717) is 0 Å². The highest BCUT2D eigenvalue weighted by Crippen LogP contribution is 2.34. The molecule has 0 aliphatic carbocycles. The minimum atomic E-state index is 0.287. The van der Waals surface area contributed by atoms with Gasteiger partial charge in [-0.3, -0.25) is 0 Å². The lowest BCUT2D eigenvalue weighted by atomic mass is 10.1. The normalized spacial score (nSPS) is 12.7. The summed E-state index contributed by atoms with van der Waals surface area (Å²) >= 11 is 0. The molecule has 1 aromatic heterocycles. The Morgan fingerprint density at radius 1 is 1.11 bits per heavy atom. The molecule has 2 heterocycles. The number of unbranched alkanes of at least 4 members (excludes halogenated alkanes) is 1. The van der Waals surface area contributed by atoms with Crippen LogP contribution in [0.5, 0.6) is 11.5 Å². The zero-order valence-corrected chi connectivity index (χ0v) is 10.9. The van der Waals surface area contributed by atoms with Crippen LogP contribution in [0, 0.1) is 0 Å². The SMILES string of the molecule is CCCCc1cnc(-c2ccc3c(c2)OCO3)nc1. The molecular weight excluding hydrogens is 240 g/mol. The Morgan fingerprint density at radius 2 is 1.89 bits per heavy atom. The maximum atomic E-state index is 5.36. The molecule has 19 heavy (non-hydrogen) atoms. The average Bonchev–Trinajstić information content (AvgIpc) is 2.93. The van der Waals surface area contributed by atoms with Gasteiger partial charge in [-0.2, -0.15) is 0 Å². The molecule has 4 heteroatoms. The number of aromatic nitrogens is 2. The lowest BCUT2D eigenvalue weighted by Crippen LogP contribution is -1.93. The molecule has 0 unspecified atom stereocenters. The molecule has 98 valence electrons. The summed E-state index contributed by atoms with van der Waals surface area (Å²) in [6.45, 7) is 2.47. The lowest BCUT2D eigenvalue weighted by Gasteiger charge is -2.03. The van der Waals surface area contributed by atoms with Crippen molar-refractivity contribution in [2.24, 2.45) is 0 Å². The van der Waals surface area contributed by atoms with E-state index in [0.717, 1.165) is 29.3 Å². The predicted molar refractivity (Wildman–Crippen MR) is 72.2 cm³/mol. The largest absolute Gasteiger partial charge is 0.454 e. The number of ether oxygens (including phenoxy) is 2. The van der Waals surface area contributed by atoms with E-state index in [1.54, 1.807) is 0 Å². The van der Waals surface area contributed by atoms with E-state index in [2.05, 4.69) is 16.9 Å². The summed E-state index contributed by atoms with van der Waals surface area (Å²) in [5, 5.41) is 0. The second-order valence-corrected chi connectivity index (χ2v) is 4.59. The maximum Gasteiger partial charge on any atom is 0.231 e. The van der Waals surface area contributed by atoms with Gasteiger partial charge >= 0.3 is 0 Å². The quantitative estimate of drug-likeness (QED) is 0.842. The van der Waals surface area contributed by atoms with Crippen molar-refractivity contribution in [1.82, 2.24) is 9.97 Å². The zero-order chi connectivity index (χ0) is 13.1. The lowest BCUT2D eigenvalue weighted by molar-refractivity contribution is 0.174. The van der Waals surface area contributed by atoms with Gasteiger partial charge in [-0.15, -0.1) is 0 Å². The van der Waals surface area contributed by atoms with E-state index in [1.165, 1.54) is 18.4 Å². The highest BCUT2D eigenvalue weighted by molar-refractivity contribution is 5.61. The molecule has 0 atom stereocenters. The average molecular weight is 256 g/mol. The Morgan fingerprint density at radius 3 is 2.68 bits per heavy atom. The molecule has 4 nitrogen and oxygen atoms in total. The van der Waals surface area contributed by atoms with Crippen LogP contribution in [0.2, 0.25) is 0 Å². The van der Waals surface area contributed by atoms with Gasteiger partial charge in [-0.05, 0) is 36.6 Å². The molecule has 1 aliphatic rings. The highest BCUT2D eigenvalue weighted by atomic mass is 16.7. The van der Waals surface area contributed by atoms with Crippen LogP contribution in [-0.4, -0.2) is 16.8 Å². The zero-order valence-electron chi connectivity index (χ0n) is 10.9. The van der Waals surface area contributed by atoms with Gasteiger partial charge in [0.05, 0.1) is 0 Å². The minimum absolute atomic E-state index is 0.287. The van der Waals surface area contributed by atoms with E-state index < -0.39 is 0 Å². The number of aryl methyl sites for hydroxylation is 1. The smallest absolute Gasteiger partial charge is 0.231 e. The van der Waals surface area contributed by atoms with Crippen molar-refractivity contribution in [3.05, 3.63) is 36.2 Å². The Bertz CT molecular complexity index is 567. The molecule has 0 N–H and O–H groups in total. The van der Waals surface area contributed by atoms with Gasteiger partial charge in [0, 0.05) is 18.0 Å². The topological polar surface area (TPSA) is 44.2 Å². The number of hydrogen-bond donors (Lipinski definition) is 0. The first-order valence-corrected chi connectivity index (χ1v) is 6.58. The number of fused-ring (bicyclic) bond motifs is 1. The van der Waals surface area contributed by atoms with Crippen LogP contribution in [0.4, 0.5) is 0 Å². The predicted octanol–water partition coefficient (Wildman–Crippen LogP) is 3.21. The molecule has 0 fully saturated rings. The van der Waals surface area contributed by atoms with Crippen LogP contribution in [0.1, 0.15) is 25.3 Å². The van der Waals surface area contributed by atoms with Crippen LogP contribution >= 0.6 is 0 Å². The van der Waals surface area contributed by atoms with Gasteiger partial charge in [0.1, 0.15) is 0 Å². The highest BCUT2D eigenvalue weighted by Gasteiger charge is 2.14. The van der Waals surface area contributed by atoms with Crippen molar-refractivity contribution in [1.29, 1.82) is 0 Å². The molecule has 2 aromatic rings. The molecule has 3 rings (SSSR count). The van der Waals surface area contributed by atoms with E-state index in [4.69, 9.17) is 9.47 Å². The number of hydrogen-bond acceptors (Lipinski definition) is 4. The summed E-state index contributed by atoms with van der Waals surface area (Å²) in [5.41, 5.74) is 2.14. The van der Waals surface area contributed by atoms with E-state index in [-0.39, 0.29) is 6.79 Å². The molecular formula is C15H16N2O2. The van der Waals surface area contributed by atoms with Crippen LogP contribution in [0.3, 0.4) is 0 Å². The molecule has 0 radical (unpaired) electrons. The second kappa shape index (κ2) is 5.26. The van der Waals surface area contributed by atoms with Crippen molar-refractivity contribution in [2.45, 2.75) is 26.2 Å². The molecule has 1 aliphatic heterocycles. The van der Waals surface area contributed by atoms with E-state index in [9.17, 15) is 0 Å². The van der Waals surface area contributed by atoms with Gasteiger partial charge in [0.15, 0.2) is 17.3 Å². The first kappa shape index (κ1) is 12.0. The molecule has 1 aromatic carbocycles. The fourth-order valence-electron chi connectivity index (χ4n) is 2.05. The van der Waals surface area contributed by atoms with Crippen molar-refractivity contribution < 1.29 is 9.47 Å². The van der Waals surface area contributed by atoms with Crippen molar-refractivity contribution >= 4 is 0 Å². The summed E-state index contributed by atoms with van der Waals surface area (Å²) in [5.74, 6) is 2.26. The first-order valence-electron chi connectivity index (χ1n) is 6.58. The van der Waals surface area contributed by atoms with Crippen molar-refractivity contribution in [3.63, 3.8) is 0 Å². The molecule has 0 saturated carbocycles. The summed E-state index contributed by atoms with van der Waals surface area (Å²) in [7, 11) is 0. The Labute approximate surface area is 112 Å². The Balaban J connectivity index is 1.82. The van der Waals surface area contributed by atoms with Crippen LogP contribution < -0.4 is 9.47 Å². The Hall–Kier alpha value is -2.10. The van der Waals surface area contributed by atoms with Crippen LogP contribution in [0.25, 0.3) is 11.4 Å². The first-order chi connectivity index (χ1) is 9.36. The van der Waals surface area contributed by atoms with Crippen molar-refractivity contribution in [3.8, 4) is 22.9 Å². The number of rotatable bonds is 4. The fourth-order valence-corrected chi connectivity index (χ4v) is 2.05. The monoisotopic (exact) mass is 256 g/mol. The van der Waals surface area contributed by atoms with Gasteiger partial charge < -0.3 is 9.47 Å². The van der Waals surface area contributed by atoms with Gasteiger partial charge in [0.25, 0.3) is 0 Å².